The molecule has 0 saturated carbocycles. The number of benzene rings is 1. The van der Waals surface area contributed by atoms with E-state index in [9.17, 15) is 9.59 Å². The quantitative estimate of drug-likeness (QED) is 0.617. The molecule has 1 aromatic carbocycles. The molecule has 0 N–H and O–H groups in total. The van der Waals surface area contributed by atoms with Crippen LogP contribution in [0.25, 0.3) is 0 Å². The van der Waals surface area contributed by atoms with Gasteiger partial charge in [0.2, 0.25) is 0 Å². The minimum atomic E-state index is 0.136. The van der Waals surface area contributed by atoms with Crippen molar-refractivity contribution in [3.05, 3.63) is 29.8 Å². The predicted octanol–water partition coefficient (Wildman–Crippen LogP) is 2.26. The summed E-state index contributed by atoms with van der Waals surface area (Å²) in [6.07, 6.45) is 3.18. The van der Waals surface area contributed by atoms with E-state index in [-0.39, 0.29) is 5.78 Å². The SMILES string of the molecule is CSc1ccc(C(=O)CN2CCC(=O)CC2)cc1. The summed E-state index contributed by atoms with van der Waals surface area (Å²) in [4.78, 5) is 26.4. The maximum atomic E-state index is 12.1. The highest BCUT2D eigenvalue weighted by Gasteiger charge is 2.18. The molecule has 1 saturated heterocycles. The Hall–Kier alpha value is -1.13. The van der Waals surface area contributed by atoms with Crippen molar-refractivity contribution in [2.24, 2.45) is 0 Å². The van der Waals surface area contributed by atoms with Gasteiger partial charge in [0, 0.05) is 36.4 Å². The minimum Gasteiger partial charge on any atom is -0.300 e. The summed E-state index contributed by atoms with van der Waals surface area (Å²) >= 11 is 1.67. The molecule has 0 spiro atoms. The van der Waals surface area contributed by atoms with Gasteiger partial charge in [-0.1, -0.05) is 12.1 Å². The van der Waals surface area contributed by atoms with Gasteiger partial charge in [-0.3, -0.25) is 14.5 Å². The zero-order valence-corrected chi connectivity index (χ0v) is 11.3. The third-order valence-corrected chi connectivity index (χ3v) is 3.94. The van der Waals surface area contributed by atoms with E-state index in [0.29, 0.717) is 38.3 Å². The van der Waals surface area contributed by atoms with Crippen molar-refractivity contribution in [2.45, 2.75) is 17.7 Å². The zero-order valence-electron chi connectivity index (χ0n) is 10.5. The molecule has 4 heteroatoms. The van der Waals surface area contributed by atoms with Gasteiger partial charge in [0.15, 0.2) is 5.78 Å². The van der Waals surface area contributed by atoms with Crippen LogP contribution in [0.1, 0.15) is 23.2 Å². The number of ketones is 2. The van der Waals surface area contributed by atoms with Crippen molar-refractivity contribution >= 4 is 23.3 Å². The molecular formula is C14H17NO2S. The molecule has 0 amide bonds. The number of Topliss-reactive ketones (excluding diaryl/α,β-unsaturated/α-hetero) is 2. The molecule has 96 valence electrons. The highest BCUT2D eigenvalue weighted by Crippen LogP contribution is 2.15. The molecule has 1 aliphatic heterocycles. The first-order valence-electron chi connectivity index (χ1n) is 6.10. The standard InChI is InChI=1S/C14H17NO2S/c1-18-13-4-2-11(3-5-13)14(17)10-15-8-6-12(16)7-9-15/h2-5H,6-10H2,1H3. The molecule has 0 bridgehead atoms. The fraction of sp³-hybridized carbons (Fsp3) is 0.429. The van der Waals surface area contributed by atoms with Gasteiger partial charge in [0.25, 0.3) is 0 Å². The second-order valence-electron chi connectivity index (χ2n) is 4.47. The summed E-state index contributed by atoms with van der Waals surface area (Å²) in [5.41, 5.74) is 0.754. The van der Waals surface area contributed by atoms with Crippen molar-refractivity contribution in [1.29, 1.82) is 0 Å². The summed E-state index contributed by atoms with van der Waals surface area (Å²) in [5.74, 6) is 0.444. The van der Waals surface area contributed by atoms with E-state index in [0.717, 1.165) is 10.5 Å². The van der Waals surface area contributed by atoms with Gasteiger partial charge in [0.05, 0.1) is 6.54 Å². The average Bonchev–Trinajstić information content (AvgIpc) is 2.41. The van der Waals surface area contributed by atoms with Crippen LogP contribution in [0, 0.1) is 0 Å². The van der Waals surface area contributed by atoms with Crippen LogP contribution >= 0.6 is 11.8 Å². The first kappa shape index (κ1) is 13.3. The largest absolute Gasteiger partial charge is 0.300 e. The maximum absolute atomic E-state index is 12.1. The Bertz CT molecular complexity index is 432. The Morgan fingerprint density at radius 3 is 2.39 bits per heavy atom. The van der Waals surface area contributed by atoms with Gasteiger partial charge in [-0.15, -0.1) is 11.8 Å². The van der Waals surface area contributed by atoms with Crippen molar-refractivity contribution in [3.63, 3.8) is 0 Å². The highest BCUT2D eigenvalue weighted by molar-refractivity contribution is 7.98. The van der Waals surface area contributed by atoms with Crippen molar-refractivity contribution < 1.29 is 9.59 Å². The normalized spacial score (nSPS) is 16.8. The molecule has 3 nitrogen and oxygen atoms in total. The molecule has 18 heavy (non-hydrogen) atoms. The van der Waals surface area contributed by atoms with E-state index in [1.165, 1.54) is 0 Å². The molecule has 1 fully saturated rings. The number of hydrogen-bond donors (Lipinski definition) is 0. The number of rotatable bonds is 4. The molecule has 0 radical (unpaired) electrons. The molecule has 0 aromatic heterocycles. The average molecular weight is 263 g/mol. The summed E-state index contributed by atoms with van der Waals surface area (Å²) in [5, 5.41) is 0. The monoisotopic (exact) mass is 263 g/mol. The Labute approximate surface area is 112 Å². The van der Waals surface area contributed by atoms with E-state index >= 15 is 0 Å². The van der Waals surface area contributed by atoms with E-state index in [1.807, 2.05) is 30.5 Å². The Balaban J connectivity index is 1.92. The molecule has 0 aliphatic carbocycles. The lowest BCUT2D eigenvalue weighted by atomic mass is 10.1. The van der Waals surface area contributed by atoms with Gasteiger partial charge in [-0.2, -0.15) is 0 Å². The van der Waals surface area contributed by atoms with Crippen LogP contribution in [0.15, 0.2) is 29.2 Å². The first-order chi connectivity index (χ1) is 8.69. The molecule has 1 aromatic rings. The van der Waals surface area contributed by atoms with Gasteiger partial charge in [0.1, 0.15) is 5.78 Å². The molecule has 1 aliphatic rings. The van der Waals surface area contributed by atoms with E-state index in [2.05, 4.69) is 4.90 Å². The molecule has 0 unspecified atom stereocenters. The first-order valence-corrected chi connectivity index (χ1v) is 7.33. The highest BCUT2D eigenvalue weighted by atomic mass is 32.2. The van der Waals surface area contributed by atoms with Crippen LogP contribution in [0.2, 0.25) is 0 Å². The summed E-state index contributed by atoms with van der Waals surface area (Å²) < 4.78 is 0. The number of thioether (sulfide) groups is 1. The number of hydrogen-bond acceptors (Lipinski definition) is 4. The van der Waals surface area contributed by atoms with E-state index in [1.54, 1.807) is 11.8 Å². The van der Waals surface area contributed by atoms with Crippen LogP contribution in [0.4, 0.5) is 0 Å². The third-order valence-electron chi connectivity index (χ3n) is 3.19. The van der Waals surface area contributed by atoms with Crippen LogP contribution in [0.5, 0.6) is 0 Å². The lowest BCUT2D eigenvalue weighted by molar-refractivity contribution is -0.121. The summed E-state index contributed by atoms with van der Waals surface area (Å²) in [6, 6.07) is 7.70. The molecular weight excluding hydrogens is 246 g/mol. The van der Waals surface area contributed by atoms with Crippen LogP contribution < -0.4 is 0 Å². The maximum Gasteiger partial charge on any atom is 0.176 e. The lowest BCUT2D eigenvalue weighted by Gasteiger charge is -2.24. The number of piperidine rings is 1. The second-order valence-corrected chi connectivity index (χ2v) is 5.35. The number of carbonyl (C=O) groups is 2. The van der Waals surface area contributed by atoms with Crippen molar-refractivity contribution in [2.75, 3.05) is 25.9 Å². The van der Waals surface area contributed by atoms with Gasteiger partial charge >= 0.3 is 0 Å². The second kappa shape index (κ2) is 6.16. The predicted molar refractivity (Wildman–Crippen MR) is 73.2 cm³/mol. The van der Waals surface area contributed by atoms with Gasteiger partial charge in [-0.05, 0) is 18.4 Å². The smallest absolute Gasteiger partial charge is 0.176 e. The molecule has 1 heterocycles. The minimum absolute atomic E-state index is 0.136. The van der Waals surface area contributed by atoms with E-state index < -0.39 is 0 Å². The van der Waals surface area contributed by atoms with E-state index in [4.69, 9.17) is 0 Å². The summed E-state index contributed by atoms with van der Waals surface area (Å²) in [6.45, 7) is 1.85. The Kier molecular flexibility index (Phi) is 4.55. The number of carbonyl (C=O) groups excluding carboxylic acids is 2. The summed E-state index contributed by atoms with van der Waals surface area (Å²) in [7, 11) is 0. The molecule has 0 atom stereocenters. The van der Waals surface area contributed by atoms with Crippen LogP contribution in [-0.4, -0.2) is 42.4 Å². The topological polar surface area (TPSA) is 37.4 Å². The van der Waals surface area contributed by atoms with Crippen molar-refractivity contribution in [3.8, 4) is 0 Å². The Morgan fingerprint density at radius 1 is 1.22 bits per heavy atom. The fourth-order valence-electron chi connectivity index (χ4n) is 2.03. The lowest BCUT2D eigenvalue weighted by Crippen LogP contribution is -2.37. The Morgan fingerprint density at radius 2 is 1.83 bits per heavy atom. The zero-order chi connectivity index (χ0) is 13.0. The van der Waals surface area contributed by atoms with Crippen LogP contribution in [-0.2, 0) is 4.79 Å². The van der Waals surface area contributed by atoms with Gasteiger partial charge in [-0.25, -0.2) is 0 Å². The number of nitrogens with zero attached hydrogens (tertiary/aromatic N) is 1. The fourth-order valence-corrected chi connectivity index (χ4v) is 2.44. The third kappa shape index (κ3) is 3.43. The number of likely N-dealkylation sites (tertiary alicyclic amines) is 1. The van der Waals surface area contributed by atoms with Gasteiger partial charge < -0.3 is 0 Å². The molecule has 2 rings (SSSR count). The van der Waals surface area contributed by atoms with Crippen LogP contribution in [0.3, 0.4) is 0 Å². The van der Waals surface area contributed by atoms with Crippen molar-refractivity contribution in [1.82, 2.24) is 4.90 Å².